The smallest absolute Gasteiger partial charge is 0.340 e. The molecule has 6 heteroatoms. The number of rotatable bonds is 4. The summed E-state index contributed by atoms with van der Waals surface area (Å²) >= 11 is 12.3. The van der Waals surface area contributed by atoms with Crippen molar-refractivity contribution in [1.29, 1.82) is 0 Å². The average Bonchev–Trinajstić information content (AvgIpc) is 2.75. The molecule has 0 bridgehead atoms. The number of methoxy groups -OCH3 is 1. The first-order valence-corrected chi connectivity index (χ1v) is 7.56. The Balaban J connectivity index is 2.63. The molecule has 0 saturated heterocycles. The van der Waals surface area contributed by atoms with Crippen LogP contribution in [0.4, 0.5) is 0 Å². The Morgan fingerprint density at radius 2 is 1.96 bits per heavy atom. The van der Waals surface area contributed by atoms with Gasteiger partial charge in [0.2, 0.25) is 0 Å². The molecule has 1 aromatic rings. The van der Waals surface area contributed by atoms with Crippen LogP contribution in [0.15, 0.2) is 47.7 Å². The fourth-order valence-electron chi connectivity index (χ4n) is 2.37. The molecule has 1 amide bonds. The largest absolute Gasteiger partial charge is 0.465 e. The molecule has 4 nitrogen and oxygen atoms in total. The quantitative estimate of drug-likeness (QED) is 0.470. The highest BCUT2D eigenvalue weighted by Gasteiger charge is 2.36. The van der Waals surface area contributed by atoms with E-state index in [1.54, 1.807) is 31.2 Å². The maximum atomic E-state index is 12.6. The van der Waals surface area contributed by atoms with Gasteiger partial charge in [-0.15, -0.1) is 6.58 Å². The average molecular weight is 352 g/mol. The van der Waals surface area contributed by atoms with Gasteiger partial charge in [-0.1, -0.05) is 35.3 Å². The molecule has 0 aromatic heterocycles. The van der Waals surface area contributed by atoms with Gasteiger partial charge in [0.05, 0.1) is 18.3 Å². The zero-order valence-electron chi connectivity index (χ0n) is 12.7. The molecular weight excluding hydrogens is 337 g/mol. The van der Waals surface area contributed by atoms with Gasteiger partial charge in [-0.3, -0.25) is 4.79 Å². The van der Waals surface area contributed by atoms with Gasteiger partial charge >= 0.3 is 5.97 Å². The number of halogens is 2. The number of carbonyl (C=O) groups excluding carboxylic acids is 2. The van der Waals surface area contributed by atoms with Gasteiger partial charge in [-0.05, 0) is 25.1 Å². The van der Waals surface area contributed by atoms with Crippen molar-refractivity contribution in [1.82, 2.24) is 4.90 Å². The van der Waals surface area contributed by atoms with E-state index in [-0.39, 0.29) is 17.1 Å². The van der Waals surface area contributed by atoms with E-state index < -0.39 is 5.97 Å². The van der Waals surface area contributed by atoms with E-state index >= 15 is 0 Å². The summed E-state index contributed by atoms with van der Waals surface area (Å²) in [6, 6.07) is 5.03. The molecule has 120 valence electrons. The minimum atomic E-state index is -0.586. The van der Waals surface area contributed by atoms with Gasteiger partial charge in [0.1, 0.15) is 0 Å². The van der Waals surface area contributed by atoms with Crippen LogP contribution in [0.2, 0.25) is 10.0 Å². The van der Waals surface area contributed by atoms with Crippen LogP contribution in [0.3, 0.4) is 0 Å². The predicted molar refractivity (Wildman–Crippen MR) is 91.1 cm³/mol. The zero-order valence-corrected chi connectivity index (χ0v) is 14.2. The van der Waals surface area contributed by atoms with Crippen LogP contribution in [0, 0.1) is 0 Å². The van der Waals surface area contributed by atoms with Crippen molar-refractivity contribution in [2.45, 2.75) is 6.92 Å². The SMILES string of the molecule is C=CCN1C(=O)C(=Cc2c(Cl)cccc2Cl)C(C(=O)OC)=C1C. The lowest BCUT2D eigenvalue weighted by Crippen LogP contribution is -2.25. The fourth-order valence-corrected chi connectivity index (χ4v) is 2.88. The molecule has 0 N–H and O–H groups in total. The molecule has 23 heavy (non-hydrogen) atoms. The van der Waals surface area contributed by atoms with Crippen molar-refractivity contribution in [3.8, 4) is 0 Å². The number of nitrogens with zero attached hydrogens (tertiary/aromatic N) is 1. The van der Waals surface area contributed by atoms with E-state index in [1.165, 1.54) is 18.1 Å². The minimum Gasteiger partial charge on any atom is -0.465 e. The first-order chi connectivity index (χ1) is 10.9. The minimum absolute atomic E-state index is 0.200. The molecule has 0 atom stereocenters. The van der Waals surface area contributed by atoms with Crippen molar-refractivity contribution in [2.75, 3.05) is 13.7 Å². The lowest BCUT2D eigenvalue weighted by molar-refractivity contribution is -0.136. The molecule has 0 aliphatic carbocycles. The Bertz CT molecular complexity index is 730. The molecule has 0 saturated carbocycles. The summed E-state index contributed by atoms with van der Waals surface area (Å²) < 4.78 is 4.80. The number of amides is 1. The van der Waals surface area contributed by atoms with Crippen LogP contribution in [-0.4, -0.2) is 30.4 Å². The summed E-state index contributed by atoms with van der Waals surface area (Å²) in [5, 5.41) is 0.781. The summed E-state index contributed by atoms with van der Waals surface area (Å²) in [5.74, 6) is -0.907. The predicted octanol–water partition coefficient (Wildman–Crippen LogP) is 3.85. The van der Waals surface area contributed by atoms with Crippen molar-refractivity contribution >= 4 is 41.2 Å². The lowest BCUT2D eigenvalue weighted by Gasteiger charge is -2.14. The Morgan fingerprint density at radius 1 is 1.35 bits per heavy atom. The first-order valence-electron chi connectivity index (χ1n) is 6.80. The maximum Gasteiger partial charge on any atom is 0.340 e. The third kappa shape index (κ3) is 3.19. The van der Waals surface area contributed by atoms with Crippen LogP contribution >= 0.6 is 23.2 Å². The molecule has 1 aliphatic rings. The highest BCUT2D eigenvalue weighted by atomic mass is 35.5. The number of esters is 1. The van der Waals surface area contributed by atoms with Crippen LogP contribution in [-0.2, 0) is 14.3 Å². The number of carbonyl (C=O) groups is 2. The van der Waals surface area contributed by atoms with Crippen molar-refractivity contribution < 1.29 is 14.3 Å². The Hall–Kier alpha value is -2.04. The van der Waals surface area contributed by atoms with Crippen LogP contribution in [0.1, 0.15) is 12.5 Å². The fraction of sp³-hybridized carbons (Fsp3) is 0.176. The maximum absolute atomic E-state index is 12.6. The van der Waals surface area contributed by atoms with Gasteiger partial charge in [0, 0.05) is 27.9 Å². The monoisotopic (exact) mass is 351 g/mol. The Kier molecular flexibility index (Phi) is 5.29. The van der Waals surface area contributed by atoms with Crippen molar-refractivity contribution in [3.63, 3.8) is 0 Å². The number of benzene rings is 1. The summed E-state index contributed by atoms with van der Waals surface area (Å²) in [6.45, 7) is 5.60. The summed E-state index contributed by atoms with van der Waals surface area (Å²) in [5.41, 5.74) is 1.39. The van der Waals surface area contributed by atoms with Gasteiger partial charge in [0.15, 0.2) is 0 Å². The summed E-state index contributed by atoms with van der Waals surface area (Å²) in [6.07, 6.45) is 3.10. The second-order valence-electron chi connectivity index (χ2n) is 4.85. The zero-order chi connectivity index (χ0) is 17.1. The Labute approximate surface area is 144 Å². The molecule has 2 rings (SSSR count). The van der Waals surface area contributed by atoms with E-state index in [1.807, 2.05) is 0 Å². The summed E-state index contributed by atoms with van der Waals surface area (Å²) in [4.78, 5) is 26.2. The van der Waals surface area contributed by atoms with Crippen molar-refractivity contribution in [3.05, 3.63) is 63.3 Å². The molecular formula is C17H15Cl2NO3. The first kappa shape index (κ1) is 17.3. The van der Waals surface area contributed by atoms with E-state index in [4.69, 9.17) is 27.9 Å². The molecule has 1 aromatic carbocycles. The molecule has 1 heterocycles. The van der Waals surface area contributed by atoms with Crippen LogP contribution in [0.25, 0.3) is 6.08 Å². The number of hydrogen-bond acceptors (Lipinski definition) is 3. The topological polar surface area (TPSA) is 46.6 Å². The second-order valence-corrected chi connectivity index (χ2v) is 5.66. The van der Waals surface area contributed by atoms with Gasteiger partial charge < -0.3 is 9.64 Å². The van der Waals surface area contributed by atoms with E-state index in [2.05, 4.69) is 6.58 Å². The van der Waals surface area contributed by atoms with E-state index in [0.717, 1.165) is 0 Å². The highest BCUT2D eigenvalue weighted by Crippen LogP contribution is 2.34. The second kappa shape index (κ2) is 7.02. The van der Waals surface area contributed by atoms with Crippen molar-refractivity contribution in [2.24, 2.45) is 0 Å². The highest BCUT2D eigenvalue weighted by molar-refractivity contribution is 6.37. The van der Waals surface area contributed by atoms with Gasteiger partial charge in [0.25, 0.3) is 5.91 Å². The van der Waals surface area contributed by atoms with E-state index in [0.29, 0.717) is 27.9 Å². The third-order valence-corrected chi connectivity index (χ3v) is 4.16. The summed E-state index contributed by atoms with van der Waals surface area (Å²) in [7, 11) is 1.27. The molecule has 1 aliphatic heterocycles. The molecule has 0 spiro atoms. The molecule has 0 radical (unpaired) electrons. The van der Waals surface area contributed by atoms with E-state index in [9.17, 15) is 9.59 Å². The molecule has 0 unspecified atom stereocenters. The van der Waals surface area contributed by atoms with Gasteiger partial charge in [-0.2, -0.15) is 0 Å². The van der Waals surface area contributed by atoms with Crippen LogP contribution < -0.4 is 0 Å². The molecule has 0 fully saturated rings. The number of hydrogen-bond donors (Lipinski definition) is 0. The number of allylic oxidation sites excluding steroid dienone is 1. The normalized spacial score (nSPS) is 16.3. The standard InChI is InChI=1S/C17H15Cl2NO3/c1-4-8-20-10(2)15(17(22)23-3)12(16(20)21)9-11-13(18)6-5-7-14(11)19/h4-7,9H,1,8H2,2-3H3. The Morgan fingerprint density at radius 3 is 2.48 bits per heavy atom. The number of ether oxygens (including phenoxy) is 1. The van der Waals surface area contributed by atoms with Gasteiger partial charge in [-0.25, -0.2) is 4.79 Å². The lowest BCUT2D eigenvalue weighted by atomic mass is 10.0. The third-order valence-electron chi connectivity index (χ3n) is 3.50. The van der Waals surface area contributed by atoms with Crippen LogP contribution in [0.5, 0.6) is 0 Å².